The van der Waals surface area contributed by atoms with Crippen molar-refractivity contribution in [2.45, 2.75) is 79.6 Å². The minimum atomic E-state index is -0.538. The van der Waals surface area contributed by atoms with E-state index in [9.17, 15) is 9.59 Å². The van der Waals surface area contributed by atoms with Gasteiger partial charge in [-0.05, 0) is 54.4 Å². The fourth-order valence-electron chi connectivity index (χ4n) is 2.15. The first-order valence-corrected chi connectivity index (χ1v) is 8.79. The van der Waals surface area contributed by atoms with Gasteiger partial charge in [-0.3, -0.25) is 0 Å². The number of hydrogen-bond donors (Lipinski definition) is 1. The summed E-state index contributed by atoms with van der Waals surface area (Å²) in [5, 5.41) is 3.29. The van der Waals surface area contributed by atoms with Gasteiger partial charge in [0, 0.05) is 18.7 Å². The van der Waals surface area contributed by atoms with E-state index in [0.717, 1.165) is 0 Å². The lowest BCUT2D eigenvalue weighted by Crippen LogP contribution is -2.40. The second-order valence-corrected chi connectivity index (χ2v) is 8.31. The first-order chi connectivity index (χ1) is 11.3. The van der Waals surface area contributed by atoms with E-state index in [4.69, 9.17) is 9.47 Å². The van der Waals surface area contributed by atoms with Crippen LogP contribution in [0, 0.1) is 5.92 Å². The van der Waals surface area contributed by atoms with Gasteiger partial charge in [0.05, 0.1) is 5.57 Å². The van der Waals surface area contributed by atoms with Crippen LogP contribution in [0.4, 0.5) is 0 Å². The normalized spacial score (nSPS) is 14.7. The van der Waals surface area contributed by atoms with Crippen LogP contribution < -0.4 is 5.32 Å². The number of carbonyl (C=O) groups excluding carboxylic acids is 2. The molecule has 0 aliphatic carbocycles. The Morgan fingerprint density at radius 2 is 1.52 bits per heavy atom. The lowest BCUT2D eigenvalue weighted by Gasteiger charge is -2.27. The van der Waals surface area contributed by atoms with Crippen LogP contribution in [0.3, 0.4) is 0 Å². The van der Waals surface area contributed by atoms with E-state index in [-0.39, 0.29) is 23.9 Å². The van der Waals surface area contributed by atoms with Crippen LogP contribution in [0.15, 0.2) is 23.8 Å². The molecule has 1 atom stereocenters. The fourth-order valence-corrected chi connectivity index (χ4v) is 2.15. The number of nitrogens with one attached hydrogen (secondary N) is 1. The van der Waals surface area contributed by atoms with E-state index in [1.165, 1.54) is 6.08 Å². The highest BCUT2D eigenvalue weighted by Gasteiger charge is 2.27. The van der Waals surface area contributed by atoms with Crippen LogP contribution in [0.25, 0.3) is 0 Å². The molecule has 0 bridgehead atoms. The Bertz CT molecular complexity index is 505. The summed E-state index contributed by atoms with van der Waals surface area (Å²) in [5.41, 5.74) is -0.455. The van der Waals surface area contributed by atoms with E-state index in [1.54, 1.807) is 12.2 Å². The predicted octanol–water partition coefficient (Wildman–Crippen LogP) is 3.79. The van der Waals surface area contributed by atoms with E-state index in [0.29, 0.717) is 12.1 Å². The summed E-state index contributed by atoms with van der Waals surface area (Å²) in [7, 11) is 0. The van der Waals surface area contributed by atoms with Crippen molar-refractivity contribution in [1.29, 1.82) is 0 Å². The van der Waals surface area contributed by atoms with Gasteiger partial charge in [-0.2, -0.15) is 0 Å². The smallest absolute Gasteiger partial charge is 0.335 e. The average molecular weight is 354 g/mol. The van der Waals surface area contributed by atoms with Crippen molar-refractivity contribution in [2.75, 3.05) is 6.54 Å². The van der Waals surface area contributed by atoms with Gasteiger partial charge >= 0.3 is 11.9 Å². The third-order valence-electron chi connectivity index (χ3n) is 3.06. The molecule has 5 heteroatoms. The quantitative estimate of drug-likeness (QED) is 0.557. The van der Waals surface area contributed by atoms with Gasteiger partial charge in [-0.15, -0.1) is 0 Å². The summed E-state index contributed by atoms with van der Waals surface area (Å²) in [5.74, 6) is -0.514. The summed E-state index contributed by atoms with van der Waals surface area (Å²) in [6, 6.07) is -0.164. The Balaban J connectivity index is 4.85. The van der Waals surface area contributed by atoms with Crippen LogP contribution in [0.2, 0.25) is 0 Å². The summed E-state index contributed by atoms with van der Waals surface area (Å²) in [6.45, 7) is 17.3. The van der Waals surface area contributed by atoms with E-state index < -0.39 is 11.2 Å². The summed E-state index contributed by atoms with van der Waals surface area (Å²) in [6.07, 6.45) is 4.88. The maximum Gasteiger partial charge on any atom is 0.335 e. The Hall–Kier alpha value is -1.62. The second-order valence-electron chi connectivity index (χ2n) is 8.31. The Morgan fingerprint density at radius 1 is 1.00 bits per heavy atom. The molecule has 0 rings (SSSR count). The number of hydrogen-bond acceptors (Lipinski definition) is 5. The summed E-state index contributed by atoms with van der Waals surface area (Å²) in [4.78, 5) is 24.1. The zero-order chi connectivity index (χ0) is 19.8. The number of ether oxygens (including phenoxy) is 2. The Labute approximate surface area is 152 Å². The number of allylic oxidation sites excluding steroid dienone is 1. The molecular formula is C20H35NO4. The minimum absolute atomic E-state index is 0.164. The van der Waals surface area contributed by atoms with Crippen molar-refractivity contribution in [1.82, 2.24) is 5.32 Å². The zero-order valence-corrected chi connectivity index (χ0v) is 17.2. The Kier molecular flexibility index (Phi) is 9.12. The zero-order valence-electron chi connectivity index (χ0n) is 17.2. The number of rotatable bonds is 7. The third-order valence-corrected chi connectivity index (χ3v) is 3.06. The molecule has 0 aromatic heterocycles. The van der Waals surface area contributed by atoms with Crippen LogP contribution in [0.5, 0.6) is 0 Å². The van der Waals surface area contributed by atoms with Gasteiger partial charge in [-0.1, -0.05) is 26.0 Å². The van der Waals surface area contributed by atoms with Gasteiger partial charge in [0.15, 0.2) is 0 Å². The van der Waals surface area contributed by atoms with Gasteiger partial charge in [0.25, 0.3) is 0 Å². The van der Waals surface area contributed by atoms with Gasteiger partial charge in [0.1, 0.15) is 11.2 Å². The maximum atomic E-state index is 12.4. The third kappa shape index (κ3) is 10.8. The van der Waals surface area contributed by atoms with Gasteiger partial charge in [-0.25, -0.2) is 9.59 Å². The molecule has 5 nitrogen and oxygen atoms in total. The van der Waals surface area contributed by atoms with E-state index in [1.807, 2.05) is 62.3 Å². The van der Waals surface area contributed by atoms with Crippen molar-refractivity contribution >= 4 is 11.9 Å². The largest absolute Gasteiger partial charge is 0.457 e. The van der Waals surface area contributed by atoms with Gasteiger partial charge < -0.3 is 14.8 Å². The SMILES string of the molecule is C/C=C(/C(=O)OC(C)(C)C)C(NCC=CC(=O)OC(C)(C)C)C(C)C. The molecule has 25 heavy (non-hydrogen) atoms. The molecule has 144 valence electrons. The van der Waals surface area contributed by atoms with Crippen LogP contribution >= 0.6 is 0 Å². The maximum absolute atomic E-state index is 12.4. The summed E-state index contributed by atoms with van der Waals surface area (Å²) >= 11 is 0. The molecule has 0 saturated heterocycles. The molecule has 0 heterocycles. The molecule has 1 unspecified atom stereocenters. The Morgan fingerprint density at radius 3 is 1.92 bits per heavy atom. The average Bonchev–Trinajstić information content (AvgIpc) is 2.37. The van der Waals surface area contributed by atoms with Gasteiger partial charge in [0.2, 0.25) is 0 Å². The summed E-state index contributed by atoms with van der Waals surface area (Å²) < 4.78 is 10.7. The second kappa shape index (κ2) is 9.76. The molecule has 0 fully saturated rings. The highest BCUT2D eigenvalue weighted by atomic mass is 16.6. The topological polar surface area (TPSA) is 64.6 Å². The minimum Gasteiger partial charge on any atom is -0.457 e. The number of carbonyl (C=O) groups is 2. The fraction of sp³-hybridized carbons (Fsp3) is 0.700. The molecule has 0 saturated carbocycles. The lowest BCUT2D eigenvalue weighted by molar-refractivity contribution is -0.151. The highest BCUT2D eigenvalue weighted by molar-refractivity contribution is 5.90. The lowest BCUT2D eigenvalue weighted by atomic mass is 9.95. The van der Waals surface area contributed by atoms with Crippen molar-refractivity contribution < 1.29 is 19.1 Å². The number of esters is 2. The molecule has 1 N–H and O–H groups in total. The van der Waals surface area contributed by atoms with Crippen molar-refractivity contribution in [3.8, 4) is 0 Å². The highest BCUT2D eigenvalue weighted by Crippen LogP contribution is 2.18. The molecule has 0 radical (unpaired) electrons. The molecule has 0 spiro atoms. The first kappa shape index (κ1) is 23.4. The van der Waals surface area contributed by atoms with Crippen molar-refractivity contribution in [3.05, 3.63) is 23.8 Å². The molecule has 0 aliphatic heterocycles. The molecule has 0 aromatic carbocycles. The molecular weight excluding hydrogens is 318 g/mol. The van der Waals surface area contributed by atoms with Crippen LogP contribution in [0.1, 0.15) is 62.3 Å². The van der Waals surface area contributed by atoms with Crippen LogP contribution in [-0.4, -0.2) is 35.7 Å². The van der Waals surface area contributed by atoms with E-state index >= 15 is 0 Å². The molecule has 0 amide bonds. The van der Waals surface area contributed by atoms with Crippen molar-refractivity contribution in [2.24, 2.45) is 5.92 Å². The van der Waals surface area contributed by atoms with Crippen LogP contribution in [-0.2, 0) is 19.1 Å². The predicted molar refractivity (Wildman–Crippen MR) is 101 cm³/mol. The standard InChI is InChI=1S/C20H35NO4/c1-10-15(18(23)25-20(7,8)9)17(14(2)3)21-13-11-12-16(22)24-19(4,5)6/h10-12,14,17,21H,13H2,1-9H3/b12-11?,15-10+. The monoisotopic (exact) mass is 353 g/mol. The van der Waals surface area contributed by atoms with Crippen molar-refractivity contribution in [3.63, 3.8) is 0 Å². The van der Waals surface area contributed by atoms with E-state index in [2.05, 4.69) is 5.32 Å². The molecule has 0 aromatic rings. The molecule has 0 aliphatic rings. The first-order valence-electron chi connectivity index (χ1n) is 8.79.